The SMILES string of the molecule is CC(SC1=NC(=Cc2ccco2)C(=O)N1c1ccc(OC(F)F)cc1)C(=O)NCc1ccc2c(c1)OCO2. The van der Waals surface area contributed by atoms with Crippen molar-refractivity contribution in [1.29, 1.82) is 0 Å². The van der Waals surface area contributed by atoms with Crippen molar-refractivity contribution in [3.63, 3.8) is 0 Å². The second-order valence-electron chi connectivity index (χ2n) is 8.12. The molecule has 0 bridgehead atoms. The maximum Gasteiger partial charge on any atom is 0.387 e. The van der Waals surface area contributed by atoms with Crippen LogP contribution in [0.4, 0.5) is 14.5 Å². The van der Waals surface area contributed by atoms with Crippen LogP contribution in [0.5, 0.6) is 17.2 Å². The number of nitrogens with one attached hydrogen (secondary N) is 1. The number of furan rings is 1. The summed E-state index contributed by atoms with van der Waals surface area (Å²) in [7, 11) is 0. The van der Waals surface area contributed by atoms with Gasteiger partial charge in [0, 0.05) is 12.6 Å². The van der Waals surface area contributed by atoms with Crippen LogP contribution in [0.1, 0.15) is 18.2 Å². The van der Waals surface area contributed by atoms with Crippen LogP contribution in [-0.2, 0) is 16.1 Å². The van der Waals surface area contributed by atoms with Crippen molar-refractivity contribution in [2.24, 2.45) is 4.99 Å². The lowest BCUT2D eigenvalue weighted by Crippen LogP contribution is -2.35. The third-order valence-corrected chi connectivity index (χ3v) is 6.58. The zero-order chi connectivity index (χ0) is 26.6. The van der Waals surface area contributed by atoms with E-state index in [1.807, 2.05) is 6.07 Å². The summed E-state index contributed by atoms with van der Waals surface area (Å²) >= 11 is 1.08. The number of alkyl halides is 2. The van der Waals surface area contributed by atoms with Crippen molar-refractivity contribution in [1.82, 2.24) is 5.32 Å². The number of amides is 2. The summed E-state index contributed by atoms with van der Waals surface area (Å²) in [6.45, 7) is -0.848. The summed E-state index contributed by atoms with van der Waals surface area (Å²) in [6, 6.07) is 14.3. The molecule has 0 spiro atoms. The highest BCUT2D eigenvalue weighted by molar-refractivity contribution is 8.15. The van der Waals surface area contributed by atoms with E-state index in [4.69, 9.17) is 13.9 Å². The Balaban J connectivity index is 1.32. The van der Waals surface area contributed by atoms with Gasteiger partial charge in [-0.05, 0) is 61.0 Å². The molecule has 0 saturated heterocycles. The molecular weight excluding hydrogens is 520 g/mol. The van der Waals surface area contributed by atoms with Crippen LogP contribution in [0, 0.1) is 0 Å². The number of carbonyl (C=O) groups is 2. The minimum Gasteiger partial charge on any atom is -0.465 e. The number of amidine groups is 1. The fraction of sp³-hybridized carbons (Fsp3) is 0.192. The van der Waals surface area contributed by atoms with Crippen molar-refractivity contribution in [3.8, 4) is 17.2 Å². The topological polar surface area (TPSA) is 103 Å². The lowest BCUT2D eigenvalue weighted by molar-refractivity contribution is -0.120. The van der Waals surface area contributed by atoms with Crippen molar-refractivity contribution in [2.75, 3.05) is 11.7 Å². The van der Waals surface area contributed by atoms with E-state index in [0.29, 0.717) is 22.9 Å². The van der Waals surface area contributed by atoms with Gasteiger partial charge in [-0.2, -0.15) is 8.78 Å². The highest BCUT2D eigenvalue weighted by Gasteiger charge is 2.34. The van der Waals surface area contributed by atoms with Crippen LogP contribution in [0.25, 0.3) is 6.08 Å². The van der Waals surface area contributed by atoms with Gasteiger partial charge in [0.05, 0.1) is 17.2 Å². The average Bonchev–Trinajstić information content (AvgIpc) is 3.64. The fourth-order valence-corrected chi connectivity index (χ4v) is 4.63. The highest BCUT2D eigenvalue weighted by atomic mass is 32.2. The molecule has 0 radical (unpaired) electrons. The van der Waals surface area contributed by atoms with Gasteiger partial charge in [-0.15, -0.1) is 0 Å². The molecule has 3 aromatic rings. The van der Waals surface area contributed by atoms with Crippen LogP contribution in [0.2, 0.25) is 0 Å². The first kappa shape index (κ1) is 25.3. The van der Waals surface area contributed by atoms with Crippen molar-refractivity contribution in [3.05, 3.63) is 77.9 Å². The number of rotatable bonds is 8. The number of carbonyl (C=O) groups excluding carboxylic acids is 2. The predicted molar refractivity (Wildman–Crippen MR) is 136 cm³/mol. The minimum absolute atomic E-state index is 0.0517. The molecule has 2 amide bonds. The number of aliphatic imine (C=N–C) groups is 1. The molecule has 3 heterocycles. The summed E-state index contributed by atoms with van der Waals surface area (Å²) in [5.74, 6) is 0.920. The lowest BCUT2D eigenvalue weighted by Gasteiger charge is -2.20. The number of halogens is 2. The fourth-order valence-electron chi connectivity index (χ4n) is 3.68. The Morgan fingerprint density at radius 1 is 1.18 bits per heavy atom. The molecule has 2 aromatic carbocycles. The minimum atomic E-state index is -2.97. The van der Waals surface area contributed by atoms with E-state index in [-0.39, 0.29) is 35.9 Å². The maximum absolute atomic E-state index is 13.3. The maximum atomic E-state index is 13.3. The van der Waals surface area contributed by atoms with E-state index in [1.54, 1.807) is 31.2 Å². The molecule has 2 aliphatic rings. The van der Waals surface area contributed by atoms with Crippen LogP contribution >= 0.6 is 11.8 Å². The largest absolute Gasteiger partial charge is 0.465 e. The van der Waals surface area contributed by atoms with Gasteiger partial charge in [0.1, 0.15) is 17.2 Å². The first-order valence-corrected chi connectivity index (χ1v) is 12.3. The van der Waals surface area contributed by atoms with Gasteiger partial charge in [0.2, 0.25) is 12.7 Å². The van der Waals surface area contributed by atoms with E-state index in [9.17, 15) is 18.4 Å². The Hall–Kier alpha value is -4.32. The number of fused-ring (bicyclic) bond motifs is 1. The molecular formula is C26H21F2N3O6S. The second kappa shape index (κ2) is 11.0. The number of thioether (sulfide) groups is 1. The molecule has 0 saturated carbocycles. The Labute approximate surface area is 220 Å². The number of hydrogen-bond donors (Lipinski definition) is 1. The Morgan fingerprint density at radius 3 is 2.71 bits per heavy atom. The normalized spacial score (nSPS) is 16.2. The second-order valence-corrected chi connectivity index (χ2v) is 9.43. The lowest BCUT2D eigenvalue weighted by atomic mass is 10.2. The Morgan fingerprint density at radius 2 is 1.97 bits per heavy atom. The molecule has 2 aliphatic heterocycles. The highest BCUT2D eigenvalue weighted by Crippen LogP contribution is 2.34. The van der Waals surface area contributed by atoms with Gasteiger partial charge >= 0.3 is 6.61 Å². The van der Waals surface area contributed by atoms with Gasteiger partial charge in [-0.3, -0.25) is 14.5 Å². The van der Waals surface area contributed by atoms with E-state index in [1.165, 1.54) is 41.5 Å². The van der Waals surface area contributed by atoms with Gasteiger partial charge < -0.3 is 23.9 Å². The molecule has 196 valence electrons. The zero-order valence-electron chi connectivity index (χ0n) is 19.9. The quantitative estimate of drug-likeness (QED) is 0.409. The number of benzene rings is 2. The summed E-state index contributed by atoms with van der Waals surface area (Å²) in [5, 5.41) is 2.50. The predicted octanol–water partition coefficient (Wildman–Crippen LogP) is 4.79. The van der Waals surface area contributed by atoms with Crippen LogP contribution in [0.15, 0.2) is 76.0 Å². The van der Waals surface area contributed by atoms with E-state index >= 15 is 0 Å². The summed E-state index contributed by atoms with van der Waals surface area (Å²) in [4.78, 5) is 31.9. The molecule has 1 unspecified atom stereocenters. The van der Waals surface area contributed by atoms with Gasteiger partial charge in [0.15, 0.2) is 16.7 Å². The Kier molecular flexibility index (Phi) is 7.31. The van der Waals surface area contributed by atoms with Crippen LogP contribution in [-0.4, -0.2) is 35.6 Å². The summed E-state index contributed by atoms with van der Waals surface area (Å²) < 4.78 is 45.5. The van der Waals surface area contributed by atoms with Crippen LogP contribution < -0.4 is 24.4 Å². The summed E-state index contributed by atoms with van der Waals surface area (Å²) in [6.07, 6.45) is 2.96. The number of nitrogens with zero attached hydrogens (tertiary/aromatic N) is 2. The molecule has 1 aromatic heterocycles. The summed E-state index contributed by atoms with van der Waals surface area (Å²) in [5.41, 5.74) is 1.31. The molecule has 0 fully saturated rings. The molecule has 38 heavy (non-hydrogen) atoms. The Bertz CT molecular complexity index is 1390. The van der Waals surface area contributed by atoms with Crippen molar-refractivity contribution < 1.29 is 37.0 Å². The van der Waals surface area contributed by atoms with Crippen LogP contribution in [0.3, 0.4) is 0 Å². The van der Waals surface area contributed by atoms with E-state index in [2.05, 4.69) is 15.0 Å². The number of hydrogen-bond acceptors (Lipinski definition) is 8. The third kappa shape index (κ3) is 5.65. The van der Waals surface area contributed by atoms with Crippen molar-refractivity contribution >= 4 is 40.5 Å². The van der Waals surface area contributed by atoms with Gasteiger partial charge in [-0.1, -0.05) is 17.8 Å². The molecule has 9 nitrogen and oxygen atoms in total. The molecule has 0 aliphatic carbocycles. The molecule has 1 atom stereocenters. The van der Waals surface area contributed by atoms with E-state index in [0.717, 1.165) is 17.3 Å². The standard InChI is InChI=1S/C26H21F2N3O6S/c1-15(23(32)29-13-16-4-9-21-22(11-16)36-14-35-21)38-26-30-20(12-19-3-2-10-34-19)24(33)31(26)17-5-7-18(8-6-17)37-25(27)28/h2-12,15,25H,13-14H2,1H3,(H,29,32). The van der Waals surface area contributed by atoms with Gasteiger partial charge in [-0.25, -0.2) is 4.99 Å². The first-order valence-electron chi connectivity index (χ1n) is 11.4. The van der Waals surface area contributed by atoms with Crippen molar-refractivity contribution in [2.45, 2.75) is 25.3 Å². The average molecular weight is 542 g/mol. The first-order chi connectivity index (χ1) is 18.4. The van der Waals surface area contributed by atoms with Gasteiger partial charge in [0.25, 0.3) is 5.91 Å². The molecule has 12 heteroatoms. The number of anilines is 1. The monoisotopic (exact) mass is 541 g/mol. The molecule has 5 rings (SSSR count). The third-order valence-electron chi connectivity index (χ3n) is 5.53. The zero-order valence-corrected chi connectivity index (χ0v) is 20.7. The van der Waals surface area contributed by atoms with E-state index < -0.39 is 17.8 Å². The number of ether oxygens (including phenoxy) is 3. The smallest absolute Gasteiger partial charge is 0.387 e. The molecule has 1 N–H and O–H groups in total.